The van der Waals surface area contributed by atoms with E-state index >= 15 is 0 Å². The monoisotopic (exact) mass is 347 g/mol. The average molecular weight is 348 g/mol. The Labute approximate surface area is 139 Å². The Morgan fingerprint density at radius 2 is 2.17 bits per heavy atom. The molecule has 8 heteroatoms. The van der Waals surface area contributed by atoms with Crippen molar-refractivity contribution in [3.05, 3.63) is 52.8 Å². The van der Waals surface area contributed by atoms with E-state index in [0.717, 1.165) is 6.07 Å². The number of hydrogen-bond acceptors (Lipinski definition) is 4. The molecule has 2 heterocycles. The largest absolute Gasteiger partial charge is 0.446 e. The first-order chi connectivity index (χ1) is 11.5. The molecule has 0 bridgehead atoms. The van der Waals surface area contributed by atoms with E-state index in [2.05, 4.69) is 14.7 Å². The topological polar surface area (TPSA) is 78.8 Å². The van der Waals surface area contributed by atoms with Crippen molar-refractivity contribution in [1.29, 1.82) is 5.26 Å². The second-order valence-electron chi connectivity index (χ2n) is 4.75. The lowest BCUT2D eigenvalue weighted by atomic mass is 10.1. The molecular weight excluding hydrogens is 340 g/mol. The summed E-state index contributed by atoms with van der Waals surface area (Å²) >= 11 is 5.79. The molecule has 2 aromatic heterocycles. The highest BCUT2D eigenvalue weighted by Gasteiger charge is 2.21. The number of halogens is 3. The summed E-state index contributed by atoms with van der Waals surface area (Å²) in [4.78, 5) is 18.3. The number of nitriles is 1. The van der Waals surface area contributed by atoms with Crippen molar-refractivity contribution in [3.8, 4) is 17.3 Å². The number of carbonyl (C=O) groups excluding carboxylic acids is 1. The number of nitrogens with one attached hydrogen (secondary N) is 1. The number of hydrogen-bond donors (Lipinski definition) is 1. The maximum absolute atomic E-state index is 14.6. The van der Waals surface area contributed by atoms with Crippen LogP contribution in [-0.4, -0.2) is 22.5 Å². The van der Waals surface area contributed by atoms with E-state index in [0.29, 0.717) is 5.39 Å². The zero-order valence-electron chi connectivity index (χ0n) is 11.9. The fourth-order valence-electron chi connectivity index (χ4n) is 2.24. The Kier molecular flexibility index (Phi) is 4.15. The average Bonchev–Trinajstić information content (AvgIpc) is 3.03. The number of ether oxygens (including phenoxy) is 1. The fourth-order valence-corrected chi connectivity index (χ4v) is 2.45. The van der Waals surface area contributed by atoms with Crippen molar-refractivity contribution in [3.63, 3.8) is 0 Å². The van der Waals surface area contributed by atoms with Gasteiger partial charge in [0.15, 0.2) is 23.9 Å². The summed E-state index contributed by atoms with van der Waals surface area (Å²) in [5, 5.41) is 8.75. The molecule has 0 saturated heterocycles. The quantitative estimate of drug-likeness (QED) is 0.730. The van der Waals surface area contributed by atoms with Gasteiger partial charge in [0.05, 0.1) is 10.5 Å². The zero-order valence-corrected chi connectivity index (χ0v) is 12.7. The summed E-state index contributed by atoms with van der Waals surface area (Å²) in [5.74, 6) is -2.59. The van der Waals surface area contributed by atoms with E-state index in [4.69, 9.17) is 16.9 Å². The van der Waals surface area contributed by atoms with Gasteiger partial charge in [-0.3, -0.25) is 0 Å². The lowest BCUT2D eigenvalue weighted by Crippen LogP contribution is -2.10. The molecule has 0 saturated carbocycles. The zero-order chi connectivity index (χ0) is 17.3. The molecular formula is C16H8ClF2N3O2. The number of carbonyl (C=O) groups is 1. The van der Waals surface area contributed by atoms with Crippen LogP contribution in [0, 0.1) is 23.0 Å². The van der Waals surface area contributed by atoms with Crippen LogP contribution in [0.15, 0.2) is 30.5 Å². The molecule has 0 aliphatic heterocycles. The standard InChI is InChI=1S/C16H8ClF2N3O2/c17-10-7-11(18)14(22-15(10)16(23)24-6-4-20)9-2-1-8-3-5-21-13(8)12(9)19/h1-3,5,7,21H,6H2. The molecule has 0 unspecified atom stereocenters. The van der Waals surface area contributed by atoms with Crippen LogP contribution in [0.25, 0.3) is 22.2 Å². The van der Waals surface area contributed by atoms with Gasteiger partial charge in [-0.15, -0.1) is 0 Å². The molecule has 0 aliphatic rings. The summed E-state index contributed by atoms with van der Waals surface area (Å²) in [6, 6.07) is 7.08. The first-order valence-corrected chi connectivity index (χ1v) is 7.06. The van der Waals surface area contributed by atoms with Crippen LogP contribution in [0.3, 0.4) is 0 Å². The predicted molar refractivity (Wildman–Crippen MR) is 82.4 cm³/mol. The highest BCUT2D eigenvalue weighted by atomic mass is 35.5. The SMILES string of the molecule is N#CCOC(=O)c1nc(-c2ccc3cc[nH]c3c2F)c(F)cc1Cl. The molecule has 0 atom stereocenters. The third-order valence-corrected chi connectivity index (χ3v) is 3.60. The van der Waals surface area contributed by atoms with E-state index in [1.54, 1.807) is 24.4 Å². The number of nitrogens with zero attached hydrogens (tertiary/aromatic N) is 2. The molecule has 5 nitrogen and oxygen atoms in total. The summed E-state index contributed by atoms with van der Waals surface area (Å²) in [6.07, 6.45) is 1.55. The summed E-state index contributed by atoms with van der Waals surface area (Å²) in [6.45, 7) is -0.508. The minimum absolute atomic E-state index is 0.131. The van der Waals surface area contributed by atoms with Crippen molar-refractivity contribution >= 4 is 28.5 Å². The maximum Gasteiger partial charge on any atom is 0.359 e. The van der Waals surface area contributed by atoms with Crippen LogP contribution < -0.4 is 0 Å². The normalized spacial score (nSPS) is 10.6. The number of rotatable bonds is 3. The molecule has 0 fully saturated rings. The molecule has 0 spiro atoms. The second-order valence-corrected chi connectivity index (χ2v) is 5.16. The molecule has 0 amide bonds. The van der Waals surface area contributed by atoms with Crippen LogP contribution in [0.5, 0.6) is 0 Å². The van der Waals surface area contributed by atoms with Gasteiger partial charge in [-0.1, -0.05) is 17.7 Å². The molecule has 120 valence electrons. The van der Waals surface area contributed by atoms with Gasteiger partial charge >= 0.3 is 5.97 Å². The number of H-pyrrole nitrogens is 1. The summed E-state index contributed by atoms with van der Waals surface area (Å²) in [7, 11) is 0. The third-order valence-electron chi connectivity index (χ3n) is 3.31. The highest BCUT2D eigenvalue weighted by molar-refractivity contribution is 6.33. The lowest BCUT2D eigenvalue weighted by molar-refractivity contribution is 0.0548. The van der Waals surface area contributed by atoms with Gasteiger partial charge in [0, 0.05) is 17.1 Å². The van der Waals surface area contributed by atoms with Crippen molar-refractivity contribution in [2.24, 2.45) is 0 Å². The fraction of sp³-hybridized carbons (Fsp3) is 0.0625. The Morgan fingerprint density at radius 3 is 2.92 bits per heavy atom. The van der Waals surface area contributed by atoms with E-state index < -0.39 is 29.9 Å². The number of esters is 1. The smallest absolute Gasteiger partial charge is 0.359 e. The van der Waals surface area contributed by atoms with Crippen molar-refractivity contribution < 1.29 is 18.3 Å². The van der Waals surface area contributed by atoms with Crippen molar-refractivity contribution in [2.45, 2.75) is 0 Å². The summed E-state index contributed by atoms with van der Waals surface area (Å²) in [5.41, 5.74) is -0.711. The van der Waals surface area contributed by atoms with Gasteiger partial charge in [-0.2, -0.15) is 5.26 Å². The van der Waals surface area contributed by atoms with Gasteiger partial charge < -0.3 is 9.72 Å². The first kappa shape index (κ1) is 15.9. The number of aromatic nitrogens is 2. The molecule has 24 heavy (non-hydrogen) atoms. The van der Waals surface area contributed by atoms with E-state index in [1.807, 2.05) is 0 Å². The number of fused-ring (bicyclic) bond motifs is 1. The van der Waals surface area contributed by atoms with Gasteiger partial charge in [-0.25, -0.2) is 18.6 Å². The Hall–Kier alpha value is -2.98. The van der Waals surface area contributed by atoms with Crippen LogP contribution in [0.1, 0.15) is 10.5 Å². The first-order valence-electron chi connectivity index (χ1n) is 6.69. The van der Waals surface area contributed by atoms with Crippen LogP contribution in [0.4, 0.5) is 8.78 Å². The van der Waals surface area contributed by atoms with Gasteiger partial charge in [-0.05, 0) is 18.2 Å². The number of benzene rings is 1. The minimum Gasteiger partial charge on any atom is -0.446 e. The highest BCUT2D eigenvalue weighted by Crippen LogP contribution is 2.31. The van der Waals surface area contributed by atoms with Crippen molar-refractivity contribution in [2.75, 3.05) is 6.61 Å². The third kappa shape index (κ3) is 2.68. The minimum atomic E-state index is -0.996. The number of aromatic amines is 1. The molecule has 0 aliphatic carbocycles. The Balaban J connectivity index is 2.14. The lowest BCUT2D eigenvalue weighted by Gasteiger charge is -2.09. The van der Waals surface area contributed by atoms with Gasteiger partial charge in [0.2, 0.25) is 0 Å². The predicted octanol–water partition coefficient (Wildman–Crippen LogP) is 3.84. The Morgan fingerprint density at radius 1 is 1.38 bits per heavy atom. The maximum atomic E-state index is 14.6. The van der Waals surface area contributed by atoms with Crippen LogP contribution in [-0.2, 0) is 4.74 Å². The van der Waals surface area contributed by atoms with Crippen molar-refractivity contribution in [1.82, 2.24) is 9.97 Å². The molecule has 3 aromatic rings. The van der Waals surface area contributed by atoms with E-state index in [-0.39, 0.29) is 21.8 Å². The van der Waals surface area contributed by atoms with Crippen LogP contribution in [0.2, 0.25) is 5.02 Å². The number of pyridine rings is 1. The van der Waals surface area contributed by atoms with E-state index in [1.165, 1.54) is 6.07 Å². The Bertz CT molecular complexity index is 995. The van der Waals surface area contributed by atoms with E-state index in [9.17, 15) is 13.6 Å². The second kappa shape index (κ2) is 6.26. The van der Waals surface area contributed by atoms with Gasteiger partial charge in [0.25, 0.3) is 0 Å². The summed E-state index contributed by atoms with van der Waals surface area (Å²) < 4.78 is 33.4. The molecule has 0 radical (unpaired) electrons. The molecule has 1 N–H and O–H groups in total. The van der Waals surface area contributed by atoms with Crippen LogP contribution >= 0.6 is 11.6 Å². The molecule has 1 aromatic carbocycles. The molecule has 3 rings (SSSR count). The van der Waals surface area contributed by atoms with Gasteiger partial charge in [0.1, 0.15) is 11.8 Å².